The van der Waals surface area contributed by atoms with E-state index in [1.54, 1.807) is 33.8 Å². The third kappa shape index (κ3) is 21.9. The zero-order valence-corrected chi connectivity index (χ0v) is 81.5. The lowest BCUT2D eigenvalue weighted by atomic mass is 9.33. The molecule has 22 N–H and O–H groups in total. The van der Waals surface area contributed by atoms with E-state index >= 15 is 9.59 Å². The molecule has 12 fully saturated rings. The van der Waals surface area contributed by atoms with Gasteiger partial charge in [0.05, 0.1) is 80.0 Å². The molecule has 0 radical (unpaired) electrons. The van der Waals surface area contributed by atoms with Gasteiger partial charge in [-0.1, -0.05) is 85.3 Å². The standard InChI is InChI=1S/C96H154O43/c1-17-91(12,121)27-19-21-41(4)79(119)133-73-43(6)126-85(71(116)66(73)111)139-92(13,18-2)28-20-22-40(3)78(118)131-55-34-96(88(120)138-87-77(65(110)59(104)49(36-98)129-87)137-84-72(117)75(135-83-70(115)62(107)58(103)48(35-97)127-83)74(44(7)125-84)134-82-68(113)60(105)50(37-99)128-82)32-31-94(15)45(46(96)33-89(55,8)9)23-24-53-93(14)29-26-54(90(10,11)52(93)25-30-95(53,94)16)132-81-69(114)63(108)61(106)51(130-81)39-123-86-76(64(109)56(101)42(5)124-86)136-80-67(112)57(102)47(100)38-122-80/h17-18,21,23,40,42-44,46-77,80-87,97-117,121H,1-2,19-20,22,24-39H2,3-16H3/b41-21+/t40?,42-,43-,44+,46-,47-,48-,49-,50+,51-,52?,53-,54+,55+,56+,57+,58-,59-,60+,61-,62+,63+,64+,65+,66-,67-,68-,69-,70-,71-,72-,73-,74+,75+,76-,77-,80+,81+,82+,83+,84+,85+,86-,87+,91+,92-,93+,94-,95-,96-/m1/s1. The first kappa shape index (κ1) is 112. The minimum Gasteiger partial charge on any atom is -0.462 e. The van der Waals surface area contributed by atoms with Crippen molar-refractivity contribution in [2.45, 2.75) is 444 Å². The molecule has 139 heavy (non-hydrogen) atoms. The highest BCUT2D eigenvalue weighted by Gasteiger charge is 2.72. The Bertz CT molecular complexity index is 4200. The highest BCUT2D eigenvalue weighted by molar-refractivity contribution is 5.88. The Balaban J connectivity index is 0.756. The van der Waals surface area contributed by atoms with E-state index in [1.165, 1.54) is 32.9 Å². The second-order valence-corrected chi connectivity index (χ2v) is 43.7. The molecule has 13 rings (SSSR count). The van der Waals surface area contributed by atoms with Gasteiger partial charge in [-0.2, -0.15) is 0 Å². The minimum absolute atomic E-state index is 0.0468. The van der Waals surface area contributed by atoms with Crippen LogP contribution in [0.15, 0.2) is 48.6 Å². The predicted molar refractivity (Wildman–Crippen MR) is 474 cm³/mol. The summed E-state index contributed by atoms with van der Waals surface area (Å²) in [6.45, 7) is 29.6. The summed E-state index contributed by atoms with van der Waals surface area (Å²) in [5, 5.41) is 244. The third-order valence-corrected chi connectivity index (χ3v) is 33.7. The van der Waals surface area contributed by atoms with Gasteiger partial charge in [0.1, 0.15) is 159 Å². The number of allylic oxidation sites excluding steroid dienone is 3. The zero-order chi connectivity index (χ0) is 102. The topological polar surface area (TPSA) is 662 Å². The minimum atomic E-state index is -2.22. The van der Waals surface area contributed by atoms with Crippen molar-refractivity contribution in [2.24, 2.45) is 56.2 Å². The summed E-state index contributed by atoms with van der Waals surface area (Å²) >= 11 is 0. The maximum absolute atomic E-state index is 16.8. The van der Waals surface area contributed by atoms with Gasteiger partial charge in [-0.15, -0.1) is 13.2 Å². The third-order valence-electron chi connectivity index (χ3n) is 33.7. The van der Waals surface area contributed by atoms with Crippen LogP contribution in [0.5, 0.6) is 0 Å². The molecule has 0 spiro atoms. The number of carbonyl (C=O) groups is 3. The molecular weight excluding hydrogens is 1840 g/mol. The Morgan fingerprint density at radius 3 is 1.63 bits per heavy atom. The molecule has 0 bridgehead atoms. The molecule has 0 aromatic heterocycles. The van der Waals surface area contributed by atoms with Gasteiger partial charge in [0, 0.05) is 17.4 Å². The molecule has 0 aromatic carbocycles. The first-order chi connectivity index (χ1) is 65.1. The lowest BCUT2D eigenvalue weighted by Gasteiger charge is -2.71. The van der Waals surface area contributed by atoms with Crippen LogP contribution in [0.25, 0.3) is 0 Å². The molecular formula is C96H154O43. The summed E-state index contributed by atoms with van der Waals surface area (Å²) < 4.78 is 111. The summed E-state index contributed by atoms with van der Waals surface area (Å²) in [6, 6.07) is 0. The summed E-state index contributed by atoms with van der Waals surface area (Å²) in [5.74, 6) is -4.02. The highest BCUT2D eigenvalue weighted by atomic mass is 16.8. The molecule has 796 valence electrons. The zero-order valence-electron chi connectivity index (χ0n) is 81.5. The molecule has 13 aliphatic rings. The van der Waals surface area contributed by atoms with Crippen LogP contribution < -0.4 is 0 Å². The first-order valence-electron chi connectivity index (χ1n) is 48.9. The fourth-order valence-corrected chi connectivity index (χ4v) is 24.3. The Labute approximate surface area is 808 Å². The number of aliphatic hydroxyl groups is 22. The summed E-state index contributed by atoms with van der Waals surface area (Å²) in [4.78, 5) is 45.1. The number of hydrogen-bond donors (Lipinski definition) is 22. The van der Waals surface area contributed by atoms with E-state index in [-0.39, 0.29) is 62.4 Å². The van der Waals surface area contributed by atoms with Crippen LogP contribution in [-0.4, -0.2) is 420 Å². The van der Waals surface area contributed by atoms with Crippen LogP contribution in [0.1, 0.15) is 187 Å². The number of ether oxygens (including phenoxy) is 18. The molecule has 0 aromatic rings. The molecule has 8 saturated heterocycles. The van der Waals surface area contributed by atoms with E-state index in [0.29, 0.717) is 44.9 Å². The van der Waals surface area contributed by atoms with Crippen molar-refractivity contribution >= 4 is 17.9 Å². The Morgan fingerprint density at radius 2 is 1.01 bits per heavy atom. The van der Waals surface area contributed by atoms with E-state index in [1.807, 2.05) is 13.8 Å². The van der Waals surface area contributed by atoms with Crippen molar-refractivity contribution in [3.8, 4) is 0 Å². The van der Waals surface area contributed by atoms with Crippen LogP contribution in [0.3, 0.4) is 0 Å². The maximum Gasteiger partial charge on any atom is 0.333 e. The molecule has 2 unspecified atom stereocenters. The second-order valence-electron chi connectivity index (χ2n) is 43.7. The Morgan fingerprint density at radius 1 is 0.496 bits per heavy atom. The molecule has 50 atom stereocenters. The van der Waals surface area contributed by atoms with Crippen LogP contribution in [0.4, 0.5) is 0 Å². The second kappa shape index (κ2) is 44.0. The van der Waals surface area contributed by atoms with E-state index < -0.39 is 352 Å². The van der Waals surface area contributed by atoms with Crippen LogP contribution >= 0.6 is 0 Å². The van der Waals surface area contributed by atoms with Crippen LogP contribution in [-0.2, 0) is 99.6 Å². The van der Waals surface area contributed by atoms with Gasteiger partial charge in [0.2, 0.25) is 6.29 Å². The van der Waals surface area contributed by atoms with Crippen molar-refractivity contribution in [1.29, 1.82) is 0 Å². The normalized spacial score (nSPS) is 48.8. The molecule has 43 heteroatoms. The van der Waals surface area contributed by atoms with Gasteiger partial charge >= 0.3 is 17.9 Å². The molecule has 4 saturated carbocycles. The predicted octanol–water partition coefficient (Wildman–Crippen LogP) is -2.90. The van der Waals surface area contributed by atoms with Crippen molar-refractivity contribution < 1.29 is 212 Å². The molecule has 0 amide bonds. The molecule has 8 heterocycles. The van der Waals surface area contributed by atoms with Gasteiger partial charge in [-0.25, -0.2) is 4.79 Å². The quantitative estimate of drug-likeness (QED) is 0.0103. The highest BCUT2D eigenvalue weighted by Crippen LogP contribution is 2.76. The average Bonchev–Trinajstić information content (AvgIpc) is 0.758. The largest absolute Gasteiger partial charge is 0.462 e. The lowest BCUT2D eigenvalue weighted by molar-refractivity contribution is -0.390. The Kier molecular flexibility index (Phi) is 35.5. The van der Waals surface area contributed by atoms with E-state index in [9.17, 15) is 117 Å². The SMILES string of the molecule is C=C[C@](C)(O)CC/C=C(\C)C(=O)O[C@H]1[C@H](O)[C@@H](O)[C@H](O[C@](C)(C=C)CCCC(C)C(=O)O[C@H]2C[C@]3(C(=O)O[C@@H]4O[C@H](CO)[C@@H](O)[C@H](O)[C@H]4O[C@@H]4O[C@@H](C)[C@H](O[C@@H]5O[C@@H](CO)[C@H](O)[C@H]5O)[C@@H](O[C@@H]5O[C@H](CO)[C@@H](O)[C@H](O)[C@H]5O)[C@H]4O)CC[C@]4(C)C(=CC[C@@H]5[C@@]6(C)CC[C@H](O[C@@H]7O[C@H](CO[C@@H]8O[C@H](C)[C@H](O)[C@H](O)[C@H]8O[C@@H]8OC[C@@H](O)[C@H](O)[C@H]8O)[C@@H](O)[C@H](O)[C@H]7O)C(C)(C)C6CC[C@]54C)[C@H]3CC2(C)C)O[C@@H]1C. The van der Waals surface area contributed by atoms with Gasteiger partial charge < -0.3 is 198 Å². The smallest absolute Gasteiger partial charge is 0.333 e. The maximum atomic E-state index is 16.8. The van der Waals surface area contributed by atoms with Crippen LogP contribution in [0, 0.1) is 56.2 Å². The van der Waals surface area contributed by atoms with Gasteiger partial charge in [-0.3, -0.25) is 9.59 Å². The Hall–Kier alpha value is -4.11. The van der Waals surface area contributed by atoms with Crippen molar-refractivity contribution in [1.82, 2.24) is 0 Å². The van der Waals surface area contributed by atoms with Crippen molar-refractivity contribution in [2.75, 3.05) is 33.0 Å². The fraction of sp³-hybridized carbons (Fsp3) is 0.885. The summed E-state index contributed by atoms with van der Waals surface area (Å²) in [6.07, 6.45) is -55.7. The van der Waals surface area contributed by atoms with E-state index in [2.05, 4.69) is 53.9 Å². The van der Waals surface area contributed by atoms with E-state index in [4.69, 9.17) is 85.3 Å². The number of carbonyl (C=O) groups excluding carboxylic acids is 3. The van der Waals surface area contributed by atoms with Crippen molar-refractivity contribution in [3.05, 3.63) is 48.6 Å². The lowest BCUT2D eigenvalue weighted by Crippen LogP contribution is -2.68. The fourth-order valence-electron chi connectivity index (χ4n) is 24.3. The van der Waals surface area contributed by atoms with Gasteiger partial charge in [-0.05, 0) is 164 Å². The summed E-state index contributed by atoms with van der Waals surface area (Å²) in [5.41, 5.74) is -6.27. The first-order valence-corrected chi connectivity index (χ1v) is 48.9. The number of esters is 3. The number of aliphatic hydroxyl groups excluding tert-OH is 21. The molecule has 8 aliphatic heterocycles. The van der Waals surface area contributed by atoms with Crippen LogP contribution in [0.2, 0.25) is 0 Å². The van der Waals surface area contributed by atoms with Crippen molar-refractivity contribution in [3.63, 3.8) is 0 Å². The molecule has 43 nitrogen and oxygen atoms in total. The average molecular weight is 2000 g/mol. The number of rotatable bonds is 33. The van der Waals surface area contributed by atoms with Gasteiger partial charge in [0.15, 0.2) is 56.2 Å². The van der Waals surface area contributed by atoms with E-state index in [0.717, 1.165) is 5.57 Å². The molecule has 5 aliphatic carbocycles. The number of fused-ring (bicyclic) bond motifs is 7. The summed E-state index contributed by atoms with van der Waals surface area (Å²) in [7, 11) is 0. The monoisotopic (exact) mass is 1990 g/mol. The van der Waals surface area contributed by atoms with Gasteiger partial charge in [0.25, 0.3) is 0 Å². The number of hydrogen-bond acceptors (Lipinski definition) is 43.